The van der Waals surface area contributed by atoms with Crippen molar-refractivity contribution in [3.05, 3.63) is 54.0 Å². The van der Waals surface area contributed by atoms with Crippen LogP contribution in [0.3, 0.4) is 0 Å². The molecule has 0 amide bonds. The van der Waals surface area contributed by atoms with Crippen LogP contribution < -0.4 is 15.1 Å². The molecule has 2 N–H and O–H groups in total. The summed E-state index contributed by atoms with van der Waals surface area (Å²) in [7, 11) is 3.93. The van der Waals surface area contributed by atoms with Crippen LogP contribution in [-0.4, -0.2) is 60.4 Å². The number of nitrogens with one attached hydrogen (secondary N) is 2. The highest BCUT2D eigenvalue weighted by Gasteiger charge is 2.25. The number of nitrogens with zero attached hydrogens (tertiary/aromatic N) is 6. The lowest BCUT2D eigenvalue weighted by Gasteiger charge is -2.29. The minimum atomic E-state index is -0.547. The summed E-state index contributed by atoms with van der Waals surface area (Å²) in [6, 6.07) is 11.8. The molecule has 3 aromatic rings. The number of anilines is 4. The third-order valence-electron chi connectivity index (χ3n) is 6.89. The van der Waals surface area contributed by atoms with Gasteiger partial charge in [-0.05, 0) is 55.5 Å². The number of hydrogen-bond acceptors (Lipinski definition) is 10. The number of carbonyl (C=O) groups excluding carboxylic acids is 1. The number of aromatic nitrogens is 3. The average molecular weight is 541 g/mol. The molecule has 0 saturated carbocycles. The van der Waals surface area contributed by atoms with E-state index in [1.54, 1.807) is 25.4 Å². The number of hydrogen-bond donors (Lipinski definition) is 2. The van der Waals surface area contributed by atoms with Crippen LogP contribution >= 0.6 is 0 Å². The fourth-order valence-electron chi connectivity index (χ4n) is 4.56. The van der Waals surface area contributed by atoms with E-state index < -0.39 is 5.97 Å². The quantitative estimate of drug-likeness (QED) is 0.274. The minimum absolute atomic E-state index is 0.0718. The van der Waals surface area contributed by atoms with E-state index >= 15 is 0 Å². The SMILES string of the molecule is CCOC(=O)c1cc(-c2cnc(N3CCC(C#N)CC3)nc2)c(C(=N)C(C)C)c(Nc2cccc(N(C)C)c2)n1. The lowest BCUT2D eigenvalue weighted by atomic mass is 9.92. The maximum absolute atomic E-state index is 12.9. The van der Waals surface area contributed by atoms with Crippen molar-refractivity contribution < 1.29 is 9.53 Å². The number of piperidine rings is 1. The van der Waals surface area contributed by atoms with Crippen LogP contribution in [0.5, 0.6) is 0 Å². The van der Waals surface area contributed by atoms with E-state index in [9.17, 15) is 10.1 Å². The van der Waals surface area contributed by atoms with Gasteiger partial charge in [-0.2, -0.15) is 5.26 Å². The highest BCUT2D eigenvalue weighted by molar-refractivity contribution is 6.10. The van der Waals surface area contributed by atoms with E-state index in [2.05, 4.69) is 31.2 Å². The minimum Gasteiger partial charge on any atom is -0.461 e. The molecule has 208 valence electrons. The van der Waals surface area contributed by atoms with Crippen molar-refractivity contribution in [1.82, 2.24) is 15.0 Å². The zero-order valence-electron chi connectivity index (χ0n) is 23.7. The van der Waals surface area contributed by atoms with Gasteiger partial charge in [0.15, 0.2) is 5.69 Å². The topological polar surface area (TPSA) is 131 Å². The van der Waals surface area contributed by atoms with Gasteiger partial charge in [-0.15, -0.1) is 0 Å². The van der Waals surface area contributed by atoms with Crippen LogP contribution in [0.2, 0.25) is 0 Å². The molecule has 0 radical (unpaired) electrons. The maximum atomic E-state index is 12.9. The Morgan fingerprint density at radius 1 is 1.23 bits per heavy atom. The summed E-state index contributed by atoms with van der Waals surface area (Å²) in [6.45, 7) is 7.32. The number of pyridine rings is 1. The Bertz CT molecular complexity index is 1400. The second kappa shape index (κ2) is 12.6. The Morgan fingerprint density at radius 3 is 2.52 bits per heavy atom. The first-order valence-corrected chi connectivity index (χ1v) is 13.5. The van der Waals surface area contributed by atoms with E-state index in [0.717, 1.165) is 37.3 Å². The summed E-state index contributed by atoms with van der Waals surface area (Å²) >= 11 is 0. The first-order valence-electron chi connectivity index (χ1n) is 13.5. The van der Waals surface area contributed by atoms with E-state index in [1.807, 2.05) is 57.1 Å². The van der Waals surface area contributed by atoms with Gasteiger partial charge in [-0.25, -0.2) is 19.7 Å². The Hall–Kier alpha value is -4.52. The standard InChI is InChI=1S/C30H36N8O2/c1-6-40-29(39)25-15-24(21-17-33-30(34-18-21)38-12-10-20(16-31)11-13-38)26(27(32)19(2)3)28(36-25)35-22-8-7-9-23(14-22)37(4)5/h7-9,14-15,17-20,32H,6,10-13H2,1-5H3,(H,35,36). The maximum Gasteiger partial charge on any atom is 0.357 e. The second-order valence-corrected chi connectivity index (χ2v) is 10.3. The molecule has 0 atom stereocenters. The molecule has 0 aliphatic carbocycles. The van der Waals surface area contributed by atoms with Crippen molar-refractivity contribution in [3.63, 3.8) is 0 Å². The summed E-state index contributed by atoms with van der Waals surface area (Å²) in [5, 5.41) is 21.6. The fourth-order valence-corrected chi connectivity index (χ4v) is 4.56. The number of esters is 1. The van der Waals surface area contributed by atoms with Gasteiger partial charge in [0.25, 0.3) is 0 Å². The summed E-state index contributed by atoms with van der Waals surface area (Å²) in [5.74, 6) is 0.401. The van der Waals surface area contributed by atoms with Crippen LogP contribution in [0.1, 0.15) is 49.7 Å². The van der Waals surface area contributed by atoms with Crippen LogP contribution in [0.25, 0.3) is 11.1 Å². The second-order valence-electron chi connectivity index (χ2n) is 10.3. The van der Waals surface area contributed by atoms with Gasteiger partial charge in [0.1, 0.15) is 5.82 Å². The van der Waals surface area contributed by atoms with E-state index in [-0.39, 0.29) is 24.1 Å². The van der Waals surface area contributed by atoms with Crippen LogP contribution in [0.15, 0.2) is 42.7 Å². The summed E-state index contributed by atoms with van der Waals surface area (Å²) in [6.07, 6.45) is 5.01. The van der Waals surface area contributed by atoms with Crippen LogP contribution in [-0.2, 0) is 4.74 Å². The first-order chi connectivity index (χ1) is 19.2. The molecular weight excluding hydrogens is 504 g/mol. The van der Waals surface area contributed by atoms with Crippen molar-refractivity contribution in [3.8, 4) is 17.2 Å². The molecule has 1 aliphatic rings. The Morgan fingerprint density at radius 2 is 1.93 bits per heavy atom. The van der Waals surface area contributed by atoms with Crippen molar-refractivity contribution in [2.24, 2.45) is 11.8 Å². The Kier molecular flexibility index (Phi) is 8.94. The van der Waals surface area contributed by atoms with Crippen molar-refractivity contribution in [1.29, 1.82) is 10.7 Å². The zero-order valence-corrected chi connectivity index (χ0v) is 23.7. The Labute approximate surface area is 235 Å². The number of carbonyl (C=O) groups is 1. The number of benzene rings is 1. The molecule has 0 bridgehead atoms. The monoisotopic (exact) mass is 540 g/mol. The third-order valence-corrected chi connectivity index (χ3v) is 6.89. The molecule has 0 spiro atoms. The first kappa shape index (κ1) is 28.5. The summed E-state index contributed by atoms with van der Waals surface area (Å²) < 4.78 is 5.29. The number of rotatable bonds is 9. The summed E-state index contributed by atoms with van der Waals surface area (Å²) in [4.78, 5) is 30.8. The van der Waals surface area contributed by atoms with Crippen molar-refractivity contribution in [2.45, 2.75) is 33.6 Å². The molecule has 2 aromatic heterocycles. The average Bonchev–Trinajstić information content (AvgIpc) is 2.96. The number of nitriles is 1. The predicted molar refractivity (Wildman–Crippen MR) is 157 cm³/mol. The van der Waals surface area contributed by atoms with Crippen LogP contribution in [0.4, 0.5) is 23.1 Å². The highest BCUT2D eigenvalue weighted by atomic mass is 16.5. The molecule has 4 rings (SSSR count). The molecule has 3 heterocycles. The van der Waals surface area contributed by atoms with E-state index in [4.69, 9.17) is 10.1 Å². The molecule has 1 aromatic carbocycles. The molecule has 40 heavy (non-hydrogen) atoms. The van der Waals surface area contributed by atoms with Gasteiger partial charge in [-0.3, -0.25) is 0 Å². The molecule has 1 saturated heterocycles. The molecule has 1 fully saturated rings. The Balaban J connectivity index is 1.81. The summed E-state index contributed by atoms with van der Waals surface area (Å²) in [5.41, 5.74) is 4.13. The predicted octanol–water partition coefficient (Wildman–Crippen LogP) is 5.29. The van der Waals surface area contributed by atoms with Gasteiger partial charge in [0, 0.05) is 73.7 Å². The molecule has 10 nitrogen and oxygen atoms in total. The van der Waals surface area contributed by atoms with E-state index in [0.29, 0.717) is 34.2 Å². The fraction of sp³-hybridized carbons (Fsp3) is 0.400. The van der Waals surface area contributed by atoms with Crippen LogP contribution in [0, 0.1) is 28.6 Å². The van der Waals surface area contributed by atoms with Gasteiger partial charge in [-0.1, -0.05) is 19.9 Å². The molecule has 10 heteroatoms. The highest BCUT2D eigenvalue weighted by Crippen LogP contribution is 2.34. The van der Waals surface area contributed by atoms with Gasteiger partial charge < -0.3 is 25.3 Å². The number of ether oxygens (including phenoxy) is 1. The van der Waals surface area contributed by atoms with Crippen molar-refractivity contribution in [2.75, 3.05) is 48.9 Å². The largest absolute Gasteiger partial charge is 0.461 e. The molecular formula is C30H36N8O2. The van der Waals surface area contributed by atoms with Gasteiger partial charge >= 0.3 is 5.97 Å². The molecule has 0 unspecified atom stereocenters. The normalized spacial score (nSPS) is 13.6. The smallest absolute Gasteiger partial charge is 0.357 e. The van der Waals surface area contributed by atoms with E-state index in [1.165, 1.54) is 0 Å². The lowest BCUT2D eigenvalue weighted by molar-refractivity contribution is 0.0519. The van der Waals surface area contributed by atoms with Gasteiger partial charge in [0.2, 0.25) is 5.95 Å². The lowest BCUT2D eigenvalue weighted by Crippen LogP contribution is -2.34. The third kappa shape index (κ3) is 6.37. The molecule has 1 aliphatic heterocycles. The van der Waals surface area contributed by atoms with Crippen molar-refractivity contribution >= 4 is 34.8 Å². The zero-order chi connectivity index (χ0) is 28.8. The van der Waals surface area contributed by atoms with Gasteiger partial charge in [0.05, 0.1) is 12.7 Å².